The first kappa shape index (κ1) is 14.5. The van der Waals surface area contributed by atoms with Gasteiger partial charge in [0.2, 0.25) is 0 Å². The summed E-state index contributed by atoms with van der Waals surface area (Å²) >= 11 is 1.92. The number of aryl methyl sites for hydroxylation is 1. The van der Waals surface area contributed by atoms with Gasteiger partial charge in [-0.2, -0.15) is 0 Å². The Labute approximate surface area is 130 Å². The van der Waals surface area contributed by atoms with Gasteiger partial charge in [-0.25, -0.2) is 0 Å². The lowest BCUT2D eigenvalue weighted by Crippen LogP contribution is -2.16. The monoisotopic (exact) mass is 299 g/mol. The van der Waals surface area contributed by atoms with Crippen molar-refractivity contribution in [3.05, 3.63) is 59.2 Å². The van der Waals surface area contributed by atoms with Crippen molar-refractivity contribution in [3.8, 4) is 5.75 Å². The molecule has 1 unspecified atom stereocenters. The average Bonchev–Trinajstić information content (AvgIpc) is 2.87. The molecular weight excluding hydrogens is 278 g/mol. The predicted octanol–water partition coefficient (Wildman–Crippen LogP) is 4.11. The SMILES string of the molecule is Cc1ccc([C@@H](C)N)c(OCC2Cc3ccccc3S2)c1. The van der Waals surface area contributed by atoms with Gasteiger partial charge in [0.05, 0.1) is 0 Å². The Morgan fingerprint density at radius 3 is 2.86 bits per heavy atom. The summed E-state index contributed by atoms with van der Waals surface area (Å²) in [6, 6.07) is 14.9. The normalized spacial score (nSPS) is 18.3. The molecule has 2 nitrogen and oxygen atoms in total. The summed E-state index contributed by atoms with van der Waals surface area (Å²) in [5.41, 5.74) is 9.76. The van der Waals surface area contributed by atoms with Crippen LogP contribution in [0.1, 0.15) is 29.7 Å². The molecule has 0 radical (unpaired) electrons. The molecule has 2 N–H and O–H groups in total. The second-order valence-electron chi connectivity index (χ2n) is 5.69. The molecule has 21 heavy (non-hydrogen) atoms. The zero-order valence-electron chi connectivity index (χ0n) is 12.5. The minimum Gasteiger partial charge on any atom is -0.492 e. The van der Waals surface area contributed by atoms with Gasteiger partial charge in [-0.15, -0.1) is 11.8 Å². The van der Waals surface area contributed by atoms with E-state index in [9.17, 15) is 0 Å². The first-order chi connectivity index (χ1) is 10.1. The summed E-state index contributed by atoms with van der Waals surface area (Å²) in [6.45, 7) is 4.80. The third-order valence-electron chi connectivity index (χ3n) is 3.80. The van der Waals surface area contributed by atoms with Crippen molar-refractivity contribution in [3.63, 3.8) is 0 Å². The summed E-state index contributed by atoms with van der Waals surface area (Å²) in [7, 11) is 0. The van der Waals surface area contributed by atoms with Gasteiger partial charge in [-0.3, -0.25) is 0 Å². The maximum Gasteiger partial charge on any atom is 0.124 e. The number of fused-ring (bicyclic) bond motifs is 1. The second-order valence-corrected chi connectivity index (χ2v) is 7.03. The molecule has 1 aliphatic heterocycles. The highest BCUT2D eigenvalue weighted by Gasteiger charge is 2.22. The highest BCUT2D eigenvalue weighted by atomic mass is 32.2. The molecule has 3 heteroatoms. The van der Waals surface area contributed by atoms with Crippen LogP contribution in [-0.2, 0) is 6.42 Å². The number of hydrogen-bond donors (Lipinski definition) is 1. The highest BCUT2D eigenvalue weighted by molar-refractivity contribution is 8.00. The summed E-state index contributed by atoms with van der Waals surface area (Å²) in [4.78, 5) is 1.39. The van der Waals surface area contributed by atoms with Crippen molar-refractivity contribution < 1.29 is 4.74 Å². The van der Waals surface area contributed by atoms with Gasteiger partial charge in [-0.05, 0) is 43.5 Å². The van der Waals surface area contributed by atoms with E-state index in [0.717, 1.165) is 24.3 Å². The van der Waals surface area contributed by atoms with Crippen LogP contribution in [0.5, 0.6) is 5.75 Å². The van der Waals surface area contributed by atoms with Crippen molar-refractivity contribution >= 4 is 11.8 Å². The molecule has 0 spiro atoms. The van der Waals surface area contributed by atoms with Crippen LogP contribution in [-0.4, -0.2) is 11.9 Å². The predicted molar refractivity (Wildman–Crippen MR) is 89.1 cm³/mol. The first-order valence-corrected chi connectivity index (χ1v) is 8.25. The quantitative estimate of drug-likeness (QED) is 0.922. The Morgan fingerprint density at radius 2 is 2.10 bits per heavy atom. The van der Waals surface area contributed by atoms with E-state index in [4.69, 9.17) is 10.5 Å². The largest absolute Gasteiger partial charge is 0.492 e. The number of benzene rings is 2. The molecule has 110 valence electrons. The minimum atomic E-state index is -0.00553. The summed E-state index contributed by atoms with van der Waals surface area (Å²) in [5, 5.41) is 0.490. The topological polar surface area (TPSA) is 35.2 Å². The molecule has 0 saturated heterocycles. The molecule has 2 aromatic carbocycles. The Morgan fingerprint density at radius 1 is 1.29 bits per heavy atom. The van der Waals surface area contributed by atoms with E-state index in [1.165, 1.54) is 16.0 Å². The van der Waals surface area contributed by atoms with Crippen molar-refractivity contribution in [2.75, 3.05) is 6.61 Å². The fraction of sp³-hybridized carbons (Fsp3) is 0.333. The fourth-order valence-electron chi connectivity index (χ4n) is 2.67. The average molecular weight is 299 g/mol. The molecule has 2 atom stereocenters. The molecule has 0 amide bonds. The van der Waals surface area contributed by atoms with Gasteiger partial charge < -0.3 is 10.5 Å². The van der Waals surface area contributed by atoms with Crippen LogP contribution in [0.3, 0.4) is 0 Å². The number of thioether (sulfide) groups is 1. The number of ether oxygens (including phenoxy) is 1. The summed E-state index contributed by atoms with van der Waals surface area (Å²) < 4.78 is 6.09. The molecule has 0 saturated carbocycles. The molecule has 0 aliphatic carbocycles. The van der Waals surface area contributed by atoms with E-state index in [1.807, 2.05) is 18.7 Å². The van der Waals surface area contributed by atoms with Gasteiger partial charge in [0, 0.05) is 21.8 Å². The van der Waals surface area contributed by atoms with Crippen molar-refractivity contribution in [1.82, 2.24) is 0 Å². The van der Waals surface area contributed by atoms with Crippen molar-refractivity contribution in [2.24, 2.45) is 5.73 Å². The third-order valence-corrected chi connectivity index (χ3v) is 5.09. The van der Waals surface area contributed by atoms with Gasteiger partial charge >= 0.3 is 0 Å². The van der Waals surface area contributed by atoms with Crippen LogP contribution in [0.15, 0.2) is 47.4 Å². The van der Waals surface area contributed by atoms with E-state index >= 15 is 0 Å². The van der Waals surface area contributed by atoms with E-state index in [0.29, 0.717) is 5.25 Å². The zero-order chi connectivity index (χ0) is 14.8. The van der Waals surface area contributed by atoms with Gasteiger partial charge in [0.25, 0.3) is 0 Å². The Kier molecular flexibility index (Phi) is 4.22. The molecule has 3 rings (SSSR count). The first-order valence-electron chi connectivity index (χ1n) is 7.37. The number of hydrogen-bond acceptors (Lipinski definition) is 3. The van der Waals surface area contributed by atoms with E-state index in [2.05, 4.69) is 49.4 Å². The van der Waals surface area contributed by atoms with E-state index in [-0.39, 0.29) is 6.04 Å². The van der Waals surface area contributed by atoms with Crippen LogP contribution in [0, 0.1) is 6.92 Å². The second kappa shape index (κ2) is 6.12. The molecule has 1 heterocycles. The molecular formula is C18H21NOS. The number of nitrogens with two attached hydrogens (primary N) is 1. The third kappa shape index (κ3) is 3.25. The maximum absolute atomic E-state index is 6.09. The van der Waals surface area contributed by atoms with Crippen LogP contribution < -0.4 is 10.5 Å². The van der Waals surface area contributed by atoms with Crippen molar-refractivity contribution in [2.45, 2.75) is 36.5 Å². The molecule has 0 bridgehead atoms. The molecule has 0 aromatic heterocycles. The van der Waals surface area contributed by atoms with Crippen LogP contribution >= 0.6 is 11.8 Å². The Balaban J connectivity index is 1.68. The standard InChI is InChI=1S/C18H21NOS/c1-12-7-8-16(13(2)19)17(9-12)20-11-15-10-14-5-3-4-6-18(14)21-15/h3-9,13,15H,10-11,19H2,1-2H3/t13-,15?/m1/s1. The minimum absolute atomic E-state index is 0.00553. The maximum atomic E-state index is 6.09. The van der Waals surface area contributed by atoms with Crippen LogP contribution in [0.2, 0.25) is 0 Å². The fourth-order valence-corrected chi connectivity index (χ4v) is 3.89. The van der Waals surface area contributed by atoms with E-state index < -0.39 is 0 Å². The van der Waals surface area contributed by atoms with Gasteiger partial charge in [0.1, 0.15) is 12.4 Å². The summed E-state index contributed by atoms with van der Waals surface area (Å²) in [5.74, 6) is 0.932. The zero-order valence-corrected chi connectivity index (χ0v) is 13.3. The Bertz CT molecular complexity index is 614. The lowest BCUT2D eigenvalue weighted by molar-refractivity contribution is 0.312. The van der Waals surface area contributed by atoms with Gasteiger partial charge in [0.15, 0.2) is 0 Å². The smallest absolute Gasteiger partial charge is 0.124 e. The number of rotatable bonds is 4. The summed E-state index contributed by atoms with van der Waals surface area (Å²) in [6.07, 6.45) is 1.08. The molecule has 2 aromatic rings. The molecule has 0 fully saturated rings. The molecule has 1 aliphatic rings. The van der Waals surface area contributed by atoms with Gasteiger partial charge in [-0.1, -0.05) is 30.3 Å². The van der Waals surface area contributed by atoms with Crippen LogP contribution in [0.25, 0.3) is 0 Å². The lowest BCUT2D eigenvalue weighted by Gasteiger charge is -2.17. The van der Waals surface area contributed by atoms with E-state index in [1.54, 1.807) is 0 Å². The highest BCUT2D eigenvalue weighted by Crippen LogP contribution is 2.37. The lowest BCUT2D eigenvalue weighted by atomic mass is 10.1. The Hall–Kier alpha value is -1.45. The van der Waals surface area contributed by atoms with Crippen molar-refractivity contribution in [1.29, 1.82) is 0 Å². The van der Waals surface area contributed by atoms with Crippen LogP contribution in [0.4, 0.5) is 0 Å².